The van der Waals surface area contributed by atoms with E-state index in [4.69, 9.17) is 0 Å². The molecule has 0 aliphatic heterocycles. The first-order chi connectivity index (χ1) is 5.25. The summed E-state index contributed by atoms with van der Waals surface area (Å²) < 4.78 is 36.3. The van der Waals surface area contributed by atoms with Crippen LogP contribution in [0.25, 0.3) is 0 Å². The maximum Gasteiger partial charge on any atom is 0.408 e. The number of hydrogen-bond donors (Lipinski definition) is 1. The van der Waals surface area contributed by atoms with Crippen molar-refractivity contribution in [1.29, 1.82) is 0 Å². The number of nitrogens with one attached hydrogen (secondary N) is 1. The molecular weight excluding hydrogens is 171 g/mol. The Kier molecular flexibility index (Phi) is 3.55. The van der Waals surface area contributed by atoms with Gasteiger partial charge >= 0.3 is 6.18 Å². The number of halogens is 3. The quantitative estimate of drug-likeness (QED) is 0.693. The maximum atomic E-state index is 12.1. The van der Waals surface area contributed by atoms with E-state index >= 15 is 0 Å². The highest BCUT2D eigenvalue weighted by Gasteiger charge is 2.41. The molecule has 0 bridgehead atoms. The van der Waals surface area contributed by atoms with Gasteiger partial charge < -0.3 is 5.32 Å². The van der Waals surface area contributed by atoms with Gasteiger partial charge in [-0.05, 0) is 5.92 Å². The fourth-order valence-corrected chi connectivity index (χ4v) is 0.845. The van der Waals surface area contributed by atoms with Crippen molar-refractivity contribution >= 4 is 5.91 Å². The van der Waals surface area contributed by atoms with Crippen LogP contribution in [0.5, 0.6) is 0 Å². The molecule has 0 unspecified atom stereocenters. The second-order valence-corrected chi connectivity index (χ2v) is 2.96. The van der Waals surface area contributed by atoms with Gasteiger partial charge in [0.1, 0.15) is 6.04 Å². The molecule has 0 aliphatic carbocycles. The maximum absolute atomic E-state index is 12.1. The summed E-state index contributed by atoms with van der Waals surface area (Å²) in [6, 6.07) is -1.74. The van der Waals surface area contributed by atoms with Crippen molar-refractivity contribution in [3.63, 3.8) is 0 Å². The van der Waals surface area contributed by atoms with Crippen LogP contribution in [-0.4, -0.2) is 18.1 Å². The second kappa shape index (κ2) is 3.78. The molecule has 1 amide bonds. The lowest BCUT2D eigenvalue weighted by molar-refractivity contribution is -0.169. The van der Waals surface area contributed by atoms with E-state index in [9.17, 15) is 18.0 Å². The molecule has 2 nitrogen and oxygen atoms in total. The van der Waals surface area contributed by atoms with Gasteiger partial charge in [-0.15, -0.1) is 0 Å². The summed E-state index contributed by atoms with van der Waals surface area (Å²) in [5.41, 5.74) is 0. The molecule has 0 aromatic heterocycles. The van der Waals surface area contributed by atoms with Gasteiger partial charge in [-0.1, -0.05) is 13.8 Å². The zero-order chi connectivity index (χ0) is 9.94. The minimum Gasteiger partial charge on any atom is -0.344 e. The van der Waals surface area contributed by atoms with Crippen LogP contribution in [0.15, 0.2) is 0 Å². The summed E-state index contributed by atoms with van der Waals surface area (Å²) in [5.74, 6) is -1.31. The molecule has 0 aromatic rings. The third-order valence-corrected chi connectivity index (χ3v) is 1.38. The lowest BCUT2D eigenvalue weighted by Crippen LogP contribution is -2.47. The largest absolute Gasteiger partial charge is 0.408 e. The molecule has 0 aromatic carbocycles. The van der Waals surface area contributed by atoms with Crippen LogP contribution in [0.1, 0.15) is 20.8 Å². The second-order valence-electron chi connectivity index (χ2n) is 2.96. The Morgan fingerprint density at radius 2 is 1.75 bits per heavy atom. The Labute approximate surface area is 69.1 Å². The van der Waals surface area contributed by atoms with Gasteiger partial charge in [0.2, 0.25) is 5.91 Å². The fourth-order valence-electron chi connectivity index (χ4n) is 0.845. The number of alkyl halides is 3. The summed E-state index contributed by atoms with van der Waals surface area (Å²) in [4.78, 5) is 10.4. The van der Waals surface area contributed by atoms with Gasteiger partial charge in [0.15, 0.2) is 0 Å². The fraction of sp³-hybridized carbons (Fsp3) is 0.857. The predicted octanol–water partition coefficient (Wildman–Crippen LogP) is 1.71. The Morgan fingerprint density at radius 3 is 1.83 bits per heavy atom. The van der Waals surface area contributed by atoms with Gasteiger partial charge in [0.05, 0.1) is 0 Å². The van der Waals surface area contributed by atoms with Crippen LogP contribution in [0.4, 0.5) is 13.2 Å². The van der Waals surface area contributed by atoms with Gasteiger partial charge in [0, 0.05) is 6.92 Å². The average Bonchev–Trinajstić information content (AvgIpc) is 1.79. The third-order valence-electron chi connectivity index (χ3n) is 1.38. The smallest absolute Gasteiger partial charge is 0.344 e. The van der Waals surface area contributed by atoms with Crippen LogP contribution < -0.4 is 5.32 Å². The van der Waals surface area contributed by atoms with Crippen molar-refractivity contribution in [1.82, 2.24) is 5.32 Å². The van der Waals surface area contributed by atoms with Crippen molar-refractivity contribution < 1.29 is 18.0 Å². The lowest BCUT2D eigenvalue weighted by atomic mass is 10.0. The SMILES string of the molecule is CC(=O)N[C@@H](C(C)C)C(F)(F)F. The van der Waals surface area contributed by atoms with Crippen molar-refractivity contribution in [2.45, 2.75) is 33.0 Å². The molecule has 1 N–H and O–H groups in total. The van der Waals surface area contributed by atoms with E-state index in [1.54, 1.807) is 0 Å². The molecular formula is C7H12F3NO. The summed E-state index contributed by atoms with van der Waals surface area (Å²) in [5, 5.41) is 1.86. The van der Waals surface area contributed by atoms with Crippen molar-refractivity contribution in [3.05, 3.63) is 0 Å². The molecule has 1 atom stereocenters. The summed E-state index contributed by atoms with van der Waals surface area (Å²) in [7, 11) is 0. The molecule has 0 saturated carbocycles. The van der Waals surface area contributed by atoms with E-state index < -0.39 is 24.0 Å². The molecule has 72 valence electrons. The van der Waals surface area contributed by atoms with E-state index in [0.717, 1.165) is 6.92 Å². The topological polar surface area (TPSA) is 29.1 Å². The van der Waals surface area contributed by atoms with E-state index in [1.807, 2.05) is 5.32 Å². The van der Waals surface area contributed by atoms with Crippen LogP contribution >= 0.6 is 0 Å². The van der Waals surface area contributed by atoms with Crippen molar-refractivity contribution in [3.8, 4) is 0 Å². The van der Waals surface area contributed by atoms with E-state index in [1.165, 1.54) is 13.8 Å². The molecule has 0 spiro atoms. The Morgan fingerprint density at radius 1 is 1.33 bits per heavy atom. The zero-order valence-electron chi connectivity index (χ0n) is 7.20. The standard InChI is InChI=1S/C7H12F3NO/c1-4(2)6(7(8,9)10)11-5(3)12/h4,6H,1-3H3,(H,11,12)/t6-/m0/s1. The van der Waals surface area contributed by atoms with Gasteiger partial charge in [-0.3, -0.25) is 4.79 Å². The Bertz CT molecular complexity index is 165. The van der Waals surface area contributed by atoms with Crippen molar-refractivity contribution in [2.75, 3.05) is 0 Å². The van der Waals surface area contributed by atoms with Crippen LogP contribution in [0, 0.1) is 5.92 Å². The van der Waals surface area contributed by atoms with E-state index in [-0.39, 0.29) is 0 Å². The molecule has 0 aliphatic rings. The average molecular weight is 183 g/mol. The normalized spacial score (nSPS) is 14.6. The van der Waals surface area contributed by atoms with Gasteiger partial charge in [-0.25, -0.2) is 0 Å². The van der Waals surface area contributed by atoms with E-state index in [0.29, 0.717) is 0 Å². The van der Waals surface area contributed by atoms with E-state index in [2.05, 4.69) is 0 Å². The lowest BCUT2D eigenvalue weighted by Gasteiger charge is -2.24. The summed E-state index contributed by atoms with van der Waals surface area (Å²) >= 11 is 0. The highest BCUT2D eigenvalue weighted by Crippen LogP contribution is 2.25. The van der Waals surface area contributed by atoms with Crippen LogP contribution in [0.3, 0.4) is 0 Å². The van der Waals surface area contributed by atoms with Crippen molar-refractivity contribution in [2.24, 2.45) is 5.92 Å². The highest BCUT2D eigenvalue weighted by molar-refractivity contribution is 5.73. The number of amides is 1. The first-order valence-electron chi connectivity index (χ1n) is 3.59. The predicted molar refractivity (Wildman–Crippen MR) is 38.5 cm³/mol. The molecule has 0 rings (SSSR count). The first kappa shape index (κ1) is 11.3. The molecule has 0 heterocycles. The van der Waals surface area contributed by atoms with Crippen LogP contribution in [-0.2, 0) is 4.79 Å². The molecule has 0 saturated heterocycles. The third kappa shape index (κ3) is 3.59. The minimum atomic E-state index is -4.36. The summed E-state index contributed by atoms with van der Waals surface area (Å²) in [6.07, 6.45) is -4.36. The number of rotatable bonds is 2. The molecule has 5 heteroatoms. The summed E-state index contributed by atoms with van der Waals surface area (Å²) in [6.45, 7) is 3.89. The molecule has 0 radical (unpaired) electrons. The number of carbonyl (C=O) groups is 1. The molecule has 0 fully saturated rings. The highest BCUT2D eigenvalue weighted by atomic mass is 19.4. The van der Waals surface area contributed by atoms with Gasteiger partial charge in [0.25, 0.3) is 0 Å². The number of carbonyl (C=O) groups excluding carboxylic acids is 1. The Hall–Kier alpha value is -0.740. The Balaban J connectivity index is 4.35. The van der Waals surface area contributed by atoms with Gasteiger partial charge in [-0.2, -0.15) is 13.2 Å². The zero-order valence-corrected chi connectivity index (χ0v) is 7.20. The molecule has 12 heavy (non-hydrogen) atoms. The minimum absolute atomic E-state index is 0.645. The first-order valence-corrected chi connectivity index (χ1v) is 3.59. The number of hydrogen-bond acceptors (Lipinski definition) is 1. The monoisotopic (exact) mass is 183 g/mol. The van der Waals surface area contributed by atoms with Crippen LogP contribution in [0.2, 0.25) is 0 Å².